The maximum atomic E-state index is 5.97. The molecular weight excluding hydrogens is 228 g/mol. The third-order valence-electron chi connectivity index (χ3n) is 3.07. The highest BCUT2D eigenvalue weighted by molar-refractivity contribution is 5.66. The fraction of sp³-hybridized carbons (Fsp3) is 0.692. The lowest BCUT2D eigenvalue weighted by atomic mass is 10.2. The molecule has 1 aromatic rings. The molecule has 0 aliphatic heterocycles. The molecule has 1 aliphatic rings. The van der Waals surface area contributed by atoms with Gasteiger partial charge in [0.15, 0.2) is 5.82 Å². The van der Waals surface area contributed by atoms with E-state index < -0.39 is 0 Å². The number of anilines is 2. The molecule has 0 amide bonds. The van der Waals surface area contributed by atoms with Crippen molar-refractivity contribution in [3.63, 3.8) is 0 Å². The first kappa shape index (κ1) is 12.9. The van der Waals surface area contributed by atoms with Crippen molar-refractivity contribution in [3.8, 4) is 5.88 Å². The molecule has 1 heterocycles. The quantitative estimate of drug-likeness (QED) is 0.693. The van der Waals surface area contributed by atoms with E-state index in [0.717, 1.165) is 18.9 Å². The van der Waals surface area contributed by atoms with Crippen LogP contribution in [0.4, 0.5) is 11.5 Å². The predicted octanol–water partition coefficient (Wildman–Crippen LogP) is 2.45. The minimum atomic E-state index is 0.483. The number of aromatic nitrogens is 2. The first-order valence-corrected chi connectivity index (χ1v) is 6.78. The van der Waals surface area contributed by atoms with Gasteiger partial charge in [-0.3, -0.25) is 0 Å². The smallest absolute Gasteiger partial charge is 0.242 e. The van der Waals surface area contributed by atoms with Crippen molar-refractivity contribution in [3.05, 3.63) is 6.33 Å². The number of hydrogen-bond donors (Lipinski definition) is 2. The summed E-state index contributed by atoms with van der Waals surface area (Å²) in [5.41, 5.74) is 6.48. The van der Waals surface area contributed by atoms with Gasteiger partial charge in [0, 0.05) is 6.54 Å². The Kier molecular flexibility index (Phi) is 4.61. The zero-order chi connectivity index (χ0) is 12.8. The number of ether oxygens (including phenoxy) is 1. The van der Waals surface area contributed by atoms with Gasteiger partial charge in [-0.25, -0.2) is 4.98 Å². The summed E-state index contributed by atoms with van der Waals surface area (Å²) >= 11 is 0. The van der Waals surface area contributed by atoms with Gasteiger partial charge < -0.3 is 15.8 Å². The minimum Gasteiger partial charge on any atom is -0.476 e. The Bertz CT molecular complexity index is 379. The van der Waals surface area contributed by atoms with Crippen molar-refractivity contribution in [1.29, 1.82) is 0 Å². The lowest BCUT2D eigenvalue weighted by Crippen LogP contribution is -2.09. The Morgan fingerprint density at radius 2 is 2.28 bits per heavy atom. The molecule has 1 saturated carbocycles. The van der Waals surface area contributed by atoms with Crippen LogP contribution in [0, 0.1) is 5.92 Å². The Labute approximate surface area is 108 Å². The Balaban J connectivity index is 1.82. The number of rotatable bonds is 8. The molecule has 0 atom stereocenters. The van der Waals surface area contributed by atoms with E-state index >= 15 is 0 Å². The number of nitrogens with zero attached hydrogens (tertiary/aromatic N) is 2. The molecule has 1 aliphatic carbocycles. The third-order valence-corrected chi connectivity index (χ3v) is 3.07. The summed E-state index contributed by atoms with van der Waals surface area (Å²) in [5, 5.41) is 3.26. The van der Waals surface area contributed by atoms with Crippen LogP contribution in [0.5, 0.6) is 5.88 Å². The molecule has 5 nitrogen and oxygen atoms in total. The normalized spacial score (nSPS) is 14.5. The van der Waals surface area contributed by atoms with Gasteiger partial charge in [-0.1, -0.05) is 19.8 Å². The standard InChI is InChI=1S/C13H22N4O/c1-2-8-18-13-11(14)12(16-9-17-13)15-7-3-4-10-5-6-10/h9-10H,2-8,14H2,1H3,(H,15,16,17). The van der Waals surface area contributed by atoms with Crippen LogP contribution in [0.25, 0.3) is 0 Å². The fourth-order valence-electron chi connectivity index (χ4n) is 1.84. The highest BCUT2D eigenvalue weighted by Crippen LogP contribution is 2.33. The van der Waals surface area contributed by atoms with E-state index in [-0.39, 0.29) is 0 Å². The van der Waals surface area contributed by atoms with Gasteiger partial charge in [0.25, 0.3) is 0 Å². The zero-order valence-electron chi connectivity index (χ0n) is 11.0. The van der Waals surface area contributed by atoms with Crippen LogP contribution in [0.15, 0.2) is 6.33 Å². The SMILES string of the molecule is CCCOc1ncnc(NCCCC2CC2)c1N. The van der Waals surface area contributed by atoms with Crippen molar-refractivity contribution in [1.82, 2.24) is 9.97 Å². The number of nitrogens with one attached hydrogen (secondary N) is 1. The molecule has 18 heavy (non-hydrogen) atoms. The van der Waals surface area contributed by atoms with E-state index in [9.17, 15) is 0 Å². The van der Waals surface area contributed by atoms with Gasteiger partial charge in [0.1, 0.15) is 12.0 Å². The van der Waals surface area contributed by atoms with E-state index in [2.05, 4.69) is 22.2 Å². The largest absolute Gasteiger partial charge is 0.476 e. The first-order valence-electron chi connectivity index (χ1n) is 6.78. The third kappa shape index (κ3) is 3.75. The first-order chi connectivity index (χ1) is 8.81. The van der Waals surface area contributed by atoms with Crippen molar-refractivity contribution in [2.75, 3.05) is 24.2 Å². The zero-order valence-corrected chi connectivity index (χ0v) is 11.0. The molecule has 0 unspecified atom stereocenters. The summed E-state index contributed by atoms with van der Waals surface area (Å²) in [4.78, 5) is 8.20. The predicted molar refractivity (Wildman–Crippen MR) is 72.7 cm³/mol. The Hall–Kier alpha value is -1.52. The van der Waals surface area contributed by atoms with Crippen molar-refractivity contribution in [2.45, 2.75) is 39.0 Å². The van der Waals surface area contributed by atoms with E-state index in [4.69, 9.17) is 10.5 Å². The summed E-state index contributed by atoms with van der Waals surface area (Å²) < 4.78 is 5.47. The minimum absolute atomic E-state index is 0.483. The van der Waals surface area contributed by atoms with E-state index in [1.807, 2.05) is 0 Å². The Morgan fingerprint density at radius 1 is 1.44 bits per heavy atom. The molecule has 0 radical (unpaired) electrons. The van der Waals surface area contributed by atoms with Crippen molar-refractivity contribution >= 4 is 11.5 Å². The molecule has 0 aromatic carbocycles. The molecule has 2 rings (SSSR count). The second-order valence-corrected chi connectivity index (χ2v) is 4.80. The lowest BCUT2D eigenvalue weighted by Gasteiger charge is -2.11. The second kappa shape index (κ2) is 6.42. The maximum absolute atomic E-state index is 5.97. The van der Waals surface area contributed by atoms with Crippen LogP contribution in [0.3, 0.4) is 0 Å². The Morgan fingerprint density at radius 3 is 3.00 bits per heavy atom. The molecule has 5 heteroatoms. The molecule has 1 fully saturated rings. The number of hydrogen-bond acceptors (Lipinski definition) is 5. The van der Waals surface area contributed by atoms with Gasteiger partial charge in [-0.2, -0.15) is 4.98 Å². The molecule has 0 bridgehead atoms. The topological polar surface area (TPSA) is 73.1 Å². The van der Waals surface area contributed by atoms with Gasteiger partial charge in [0.05, 0.1) is 6.61 Å². The fourth-order valence-corrected chi connectivity index (χ4v) is 1.84. The van der Waals surface area contributed by atoms with E-state index in [0.29, 0.717) is 24.0 Å². The van der Waals surface area contributed by atoms with Crippen LogP contribution in [-0.2, 0) is 0 Å². The van der Waals surface area contributed by atoms with E-state index in [1.54, 1.807) is 0 Å². The average molecular weight is 250 g/mol. The molecular formula is C13H22N4O. The highest BCUT2D eigenvalue weighted by atomic mass is 16.5. The molecule has 3 N–H and O–H groups in total. The van der Waals surface area contributed by atoms with Crippen LogP contribution in [0.1, 0.15) is 39.0 Å². The average Bonchev–Trinajstić information content (AvgIpc) is 3.19. The number of nitrogen functional groups attached to an aromatic ring is 1. The van der Waals surface area contributed by atoms with Gasteiger partial charge in [-0.15, -0.1) is 0 Å². The summed E-state index contributed by atoms with van der Waals surface area (Å²) in [6, 6.07) is 0. The summed E-state index contributed by atoms with van der Waals surface area (Å²) in [7, 11) is 0. The molecule has 0 spiro atoms. The monoisotopic (exact) mass is 250 g/mol. The van der Waals surface area contributed by atoms with Gasteiger partial charge in [0.2, 0.25) is 5.88 Å². The van der Waals surface area contributed by atoms with Gasteiger partial charge in [-0.05, 0) is 25.2 Å². The maximum Gasteiger partial charge on any atom is 0.242 e. The molecule has 0 saturated heterocycles. The van der Waals surface area contributed by atoms with Gasteiger partial charge >= 0.3 is 0 Å². The summed E-state index contributed by atoms with van der Waals surface area (Å²) in [6.45, 7) is 3.59. The summed E-state index contributed by atoms with van der Waals surface area (Å²) in [6.07, 6.45) is 7.71. The van der Waals surface area contributed by atoms with Crippen LogP contribution in [-0.4, -0.2) is 23.1 Å². The van der Waals surface area contributed by atoms with Crippen molar-refractivity contribution in [2.24, 2.45) is 5.92 Å². The van der Waals surface area contributed by atoms with Crippen LogP contribution in [0.2, 0.25) is 0 Å². The lowest BCUT2D eigenvalue weighted by molar-refractivity contribution is 0.306. The van der Waals surface area contributed by atoms with Crippen molar-refractivity contribution < 1.29 is 4.74 Å². The van der Waals surface area contributed by atoms with E-state index in [1.165, 1.54) is 32.0 Å². The number of nitrogens with two attached hydrogens (primary N) is 1. The second-order valence-electron chi connectivity index (χ2n) is 4.80. The molecule has 100 valence electrons. The molecule has 1 aromatic heterocycles. The highest BCUT2D eigenvalue weighted by Gasteiger charge is 2.20. The van der Waals surface area contributed by atoms with Crippen LogP contribution < -0.4 is 15.8 Å². The van der Waals surface area contributed by atoms with Crippen LogP contribution >= 0.6 is 0 Å². The summed E-state index contributed by atoms with van der Waals surface area (Å²) in [5.74, 6) is 2.14.